The SMILES string of the molecule is CC(=O)c1ccccc1OCC(O)CNC(C)(C)CO. The lowest BCUT2D eigenvalue weighted by molar-refractivity contribution is 0.0885. The molecule has 0 saturated carbocycles. The van der Waals surface area contributed by atoms with Gasteiger partial charge in [0.2, 0.25) is 0 Å². The Balaban J connectivity index is 2.49. The molecule has 0 heterocycles. The Morgan fingerprint density at radius 1 is 1.40 bits per heavy atom. The van der Waals surface area contributed by atoms with Gasteiger partial charge in [0.1, 0.15) is 18.5 Å². The zero-order valence-corrected chi connectivity index (χ0v) is 12.2. The molecule has 5 heteroatoms. The number of aliphatic hydroxyl groups excluding tert-OH is 2. The fourth-order valence-electron chi connectivity index (χ4n) is 1.58. The lowest BCUT2D eigenvalue weighted by Crippen LogP contribution is -2.47. The third-order valence-corrected chi connectivity index (χ3v) is 2.91. The first-order valence-corrected chi connectivity index (χ1v) is 6.62. The lowest BCUT2D eigenvalue weighted by atomic mass is 10.1. The van der Waals surface area contributed by atoms with Crippen LogP contribution in [0.5, 0.6) is 5.75 Å². The van der Waals surface area contributed by atoms with E-state index < -0.39 is 11.6 Å². The molecule has 0 bridgehead atoms. The molecule has 0 fully saturated rings. The number of hydrogen-bond acceptors (Lipinski definition) is 5. The molecule has 1 rings (SSSR count). The van der Waals surface area contributed by atoms with Crippen molar-refractivity contribution in [2.75, 3.05) is 19.8 Å². The molecule has 1 atom stereocenters. The number of Topliss-reactive ketones (excluding diaryl/α,β-unsaturated/α-hetero) is 1. The highest BCUT2D eigenvalue weighted by Gasteiger charge is 2.17. The summed E-state index contributed by atoms with van der Waals surface area (Å²) in [5, 5.41) is 22.0. The average molecular weight is 281 g/mol. The van der Waals surface area contributed by atoms with Crippen LogP contribution >= 0.6 is 0 Å². The third-order valence-electron chi connectivity index (χ3n) is 2.91. The Kier molecular flexibility index (Phi) is 6.13. The summed E-state index contributed by atoms with van der Waals surface area (Å²) in [5.41, 5.74) is 0.0569. The summed E-state index contributed by atoms with van der Waals surface area (Å²) < 4.78 is 5.49. The number of nitrogens with one attached hydrogen (secondary N) is 1. The Labute approximate surface area is 119 Å². The Morgan fingerprint density at radius 3 is 2.65 bits per heavy atom. The lowest BCUT2D eigenvalue weighted by Gasteiger charge is -2.25. The van der Waals surface area contributed by atoms with Gasteiger partial charge in [-0.05, 0) is 32.9 Å². The van der Waals surface area contributed by atoms with Crippen LogP contribution in [0.4, 0.5) is 0 Å². The van der Waals surface area contributed by atoms with Crippen molar-refractivity contribution in [2.24, 2.45) is 0 Å². The molecule has 0 aromatic heterocycles. The van der Waals surface area contributed by atoms with Crippen molar-refractivity contribution in [3.05, 3.63) is 29.8 Å². The molecule has 0 spiro atoms. The number of carbonyl (C=O) groups excluding carboxylic acids is 1. The smallest absolute Gasteiger partial charge is 0.163 e. The van der Waals surface area contributed by atoms with Crippen molar-refractivity contribution >= 4 is 5.78 Å². The maximum atomic E-state index is 11.4. The zero-order valence-electron chi connectivity index (χ0n) is 12.2. The van der Waals surface area contributed by atoms with E-state index in [4.69, 9.17) is 9.84 Å². The van der Waals surface area contributed by atoms with Crippen LogP contribution in [0.1, 0.15) is 31.1 Å². The van der Waals surface area contributed by atoms with Crippen LogP contribution in [0.15, 0.2) is 24.3 Å². The number of carbonyl (C=O) groups is 1. The van der Waals surface area contributed by atoms with Gasteiger partial charge in [0.15, 0.2) is 5.78 Å². The van der Waals surface area contributed by atoms with Gasteiger partial charge in [-0.25, -0.2) is 0 Å². The van der Waals surface area contributed by atoms with Gasteiger partial charge < -0.3 is 20.3 Å². The maximum Gasteiger partial charge on any atom is 0.163 e. The molecule has 20 heavy (non-hydrogen) atoms. The molecule has 0 radical (unpaired) electrons. The van der Waals surface area contributed by atoms with E-state index in [1.54, 1.807) is 24.3 Å². The minimum absolute atomic E-state index is 0.0201. The monoisotopic (exact) mass is 281 g/mol. The van der Waals surface area contributed by atoms with E-state index in [-0.39, 0.29) is 19.0 Å². The summed E-state index contributed by atoms with van der Waals surface area (Å²) in [6.07, 6.45) is -0.721. The van der Waals surface area contributed by atoms with Gasteiger partial charge in [-0.1, -0.05) is 12.1 Å². The van der Waals surface area contributed by atoms with Crippen LogP contribution < -0.4 is 10.1 Å². The molecule has 1 unspecified atom stereocenters. The van der Waals surface area contributed by atoms with Gasteiger partial charge >= 0.3 is 0 Å². The Morgan fingerprint density at radius 2 is 2.05 bits per heavy atom. The quantitative estimate of drug-likeness (QED) is 0.619. The van der Waals surface area contributed by atoms with Crippen molar-refractivity contribution in [3.63, 3.8) is 0 Å². The summed E-state index contributed by atoms with van der Waals surface area (Å²) in [5.74, 6) is 0.398. The molecule has 0 aliphatic heterocycles. The summed E-state index contributed by atoms with van der Waals surface area (Å²) in [4.78, 5) is 11.4. The van der Waals surface area contributed by atoms with Crippen LogP contribution in [0.3, 0.4) is 0 Å². The predicted molar refractivity (Wildman–Crippen MR) is 77.1 cm³/mol. The van der Waals surface area contributed by atoms with E-state index in [0.717, 1.165) is 0 Å². The molecule has 0 aliphatic rings. The summed E-state index contributed by atoms with van der Waals surface area (Å²) in [6.45, 7) is 5.52. The number of aliphatic hydroxyl groups is 2. The largest absolute Gasteiger partial charge is 0.490 e. The van der Waals surface area contributed by atoms with Gasteiger partial charge in [0, 0.05) is 12.1 Å². The predicted octanol–water partition coefficient (Wildman–Crippen LogP) is 0.989. The minimum atomic E-state index is -0.721. The molecule has 0 saturated heterocycles. The van der Waals surface area contributed by atoms with E-state index in [0.29, 0.717) is 17.9 Å². The van der Waals surface area contributed by atoms with Crippen LogP contribution in [0.25, 0.3) is 0 Å². The first kappa shape index (κ1) is 16.6. The molecular formula is C15H23NO4. The van der Waals surface area contributed by atoms with E-state index in [1.165, 1.54) is 6.92 Å². The summed E-state index contributed by atoms with van der Waals surface area (Å²) in [7, 11) is 0. The molecule has 0 amide bonds. The van der Waals surface area contributed by atoms with Crippen molar-refractivity contribution in [1.82, 2.24) is 5.32 Å². The van der Waals surface area contributed by atoms with Gasteiger partial charge in [-0.15, -0.1) is 0 Å². The van der Waals surface area contributed by atoms with Gasteiger partial charge in [0.05, 0.1) is 12.2 Å². The maximum absolute atomic E-state index is 11.4. The second kappa shape index (κ2) is 7.38. The van der Waals surface area contributed by atoms with Crippen molar-refractivity contribution < 1.29 is 19.7 Å². The number of ether oxygens (including phenoxy) is 1. The average Bonchev–Trinajstić information content (AvgIpc) is 2.43. The molecular weight excluding hydrogens is 258 g/mol. The Hall–Kier alpha value is -1.43. The summed E-state index contributed by atoms with van der Waals surface area (Å²) >= 11 is 0. The fourth-order valence-corrected chi connectivity index (χ4v) is 1.58. The van der Waals surface area contributed by atoms with E-state index in [9.17, 15) is 9.90 Å². The molecule has 1 aromatic carbocycles. The van der Waals surface area contributed by atoms with Crippen LogP contribution in [-0.4, -0.2) is 47.4 Å². The van der Waals surface area contributed by atoms with Crippen molar-refractivity contribution in [2.45, 2.75) is 32.4 Å². The van der Waals surface area contributed by atoms with Crippen molar-refractivity contribution in [3.8, 4) is 5.75 Å². The standard InChI is InChI=1S/C15H23NO4/c1-11(18)13-6-4-5-7-14(13)20-9-12(19)8-16-15(2,3)10-17/h4-7,12,16-17,19H,8-10H2,1-3H3. The second-order valence-corrected chi connectivity index (χ2v) is 5.44. The molecule has 5 nitrogen and oxygen atoms in total. The van der Waals surface area contributed by atoms with Crippen LogP contribution in [-0.2, 0) is 0 Å². The molecule has 1 aromatic rings. The molecule has 0 aliphatic carbocycles. The van der Waals surface area contributed by atoms with E-state index in [1.807, 2.05) is 13.8 Å². The zero-order chi connectivity index (χ0) is 15.2. The normalized spacial score (nSPS) is 13.1. The molecule has 3 N–H and O–H groups in total. The highest BCUT2D eigenvalue weighted by molar-refractivity contribution is 5.96. The number of para-hydroxylation sites is 1. The number of rotatable bonds is 8. The highest BCUT2D eigenvalue weighted by atomic mass is 16.5. The van der Waals surface area contributed by atoms with E-state index >= 15 is 0 Å². The number of hydrogen-bond donors (Lipinski definition) is 3. The van der Waals surface area contributed by atoms with Gasteiger partial charge in [-0.2, -0.15) is 0 Å². The van der Waals surface area contributed by atoms with Crippen LogP contribution in [0.2, 0.25) is 0 Å². The van der Waals surface area contributed by atoms with Gasteiger partial charge in [-0.3, -0.25) is 4.79 Å². The second-order valence-electron chi connectivity index (χ2n) is 5.44. The number of β-amino-alcohol motifs (C(OH)–C–C–N with tert-alkyl or cyclic N) is 1. The first-order valence-electron chi connectivity index (χ1n) is 6.62. The third kappa shape index (κ3) is 5.28. The topological polar surface area (TPSA) is 78.8 Å². The van der Waals surface area contributed by atoms with Crippen LogP contribution in [0, 0.1) is 0 Å². The summed E-state index contributed by atoms with van der Waals surface area (Å²) in [6, 6.07) is 6.94. The Bertz CT molecular complexity index is 445. The highest BCUT2D eigenvalue weighted by Crippen LogP contribution is 2.18. The first-order chi connectivity index (χ1) is 9.35. The minimum Gasteiger partial charge on any atom is -0.490 e. The number of benzene rings is 1. The van der Waals surface area contributed by atoms with Gasteiger partial charge in [0.25, 0.3) is 0 Å². The van der Waals surface area contributed by atoms with E-state index in [2.05, 4.69) is 5.32 Å². The van der Waals surface area contributed by atoms with Crippen molar-refractivity contribution in [1.29, 1.82) is 0 Å². The molecule has 112 valence electrons. The fraction of sp³-hybridized carbons (Fsp3) is 0.533. The number of ketones is 1.